The van der Waals surface area contributed by atoms with E-state index in [2.05, 4.69) is 10.4 Å². The van der Waals surface area contributed by atoms with Gasteiger partial charge in [0.1, 0.15) is 11.6 Å². The number of anilines is 1. The molecule has 3 aromatic heterocycles. The predicted octanol–water partition coefficient (Wildman–Crippen LogP) is 5.09. The van der Waals surface area contributed by atoms with Gasteiger partial charge in [-0.3, -0.25) is 14.7 Å². The van der Waals surface area contributed by atoms with Crippen molar-refractivity contribution in [3.05, 3.63) is 104 Å². The number of aromatic amines is 1. The van der Waals surface area contributed by atoms with Crippen molar-refractivity contribution in [2.45, 2.75) is 31.6 Å². The van der Waals surface area contributed by atoms with Crippen molar-refractivity contribution in [3.63, 3.8) is 0 Å². The Morgan fingerprint density at radius 2 is 1.88 bits per heavy atom. The normalized spacial score (nSPS) is 20.1. The number of aryl methyl sites for hydroxylation is 1. The molecule has 0 radical (unpaired) electrons. The van der Waals surface area contributed by atoms with Crippen LogP contribution in [0, 0.1) is 6.92 Å². The van der Waals surface area contributed by atoms with Gasteiger partial charge in [-0.25, -0.2) is 4.68 Å². The quantitative estimate of drug-likeness (QED) is 0.462. The first kappa shape index (κ1) is 19.1. The van der Waals surface area contributed by atoms with Gasteiger partial charge < -0.3 is 9.73 Å². The molecule has 0 spiro atoms. The van der Waals surface area contributed by atoms with Crippen LogP contribution in [0.15, 0.2) is 81.3 Å². The van der Waals surface area contributed by atoms with Crippen LogP contribution in [0.1, 0.15) is 45.8 Å². The summed E-state index contributed by atoms with van der Waals surface area (Å²) in [6.07, 6.45) is 2.68. The van der Waals surface area contributed by atoms with Crippen molar-refractivity contribution in [1.82, 2.24) is 9.78 Å². The van der Waals surface area contributed by atoms with Gasteiger partial charge in [0.05, 0.1) is 23.4 Å². The summed E-state index contributed by atoms with van der Waals surface area (Å²) in [4.78, 5) is 29.2. The SMILES string of the molecule is Cc1ccc([C@@H]2C3=C(C[C@H](c4ccco4)CC3=O)Nc3[nH]n(-c4ccccc4)c(=O)c32)s1. The third-order valence-electron chi connectivity index (χ3n) is 6.29. The molecule has 0 bridgehead atoms. The van der Waals surface area contributed by atoms with E-state index in [4.69, 9.17) is 4.42 Å². The molecule has 0 fully saturated rings. The minimum Gasteiger partial charge on any atom is -0.469 e. The molecule has 4 heterocycles. The van der Waals surface area contributed by atoms with E-state index in [-0.39, 0.29) is 23.2 Å². The number of allylic oxidation sites excluding steroid dienone is 2. The molecule has 0 unspecified atom stereocenters. The third kappa shape index (κ3) is 2.92. The summed E-state index contributed by atoms with van der Waals surface area (Å²) in [5.74, 6) is 1.14. The number of H-pyrrole nitrogens is 1. The van der Waals surface area contributed by atoms with E-state index in [9.17, 15) is 9.59 Å². The number of nitrogens with one attached hydrogen (secondary N) is 2. The van der Waals surface area contributed by atoms with E-state index < -0.39 is 0 Å². The second-order valence-electron chi connectivity index (χ2n) is 8.32. The summed E-state index contributed by atoms with van der Waals surface area (Å²) >= 11 is 1.63. The van der Waals surface area contributed by atoms with E-state index in [0.29, 0.717) is 29.8 Å². The molecule has 4 aromatic rings. The monoisotopic (exact) mass is 443 g/mol. The van der Waals surface area contributed by atoms with Gasteiger partial charge in [0, 0.05) is 33.4 Å². The number of ketones is 1. The molecule has 1 aliphatic carbocycles. The Morgan fingerprint density at radius 1 is 1.03 bits per heavy atom. The highest BCUT2D eigenvalue weighted by Crippen LogP contribution is 2.48. The second-order valence-corrected chi connectivity index (χ2v) is 9.64. The molecule has 1 aromatic carbocycles. The highest BCUT2D eigenvalue weighted by Gasteiger charge is 2.42. The molecule has 2 N–H and O–H groups in total. The van der Waals surface area contributed by atoms with E-state index in [1.54, 1.807) is 22.3 Å². The highest BCUT2D eigenvalue weighted by atomic mass is 32.1. The van der Waals surface area contributed by atoms with Crippen molar-refractivity contribution in [2.75, 3.05) is 5.32 Å². The number of hydrogen-bond acceptors (Lipinski definition) is 5. The molecule has 0 saturated carbocycles. The second kappa shape index (κ2) is 7.24. The van der Waals surface area contributed by atoms with Crippen LogP contribution in [0.3, 0.4) is 0 Å². The number of Topliss-reactive ketones (excluding diaryl/α,β-unsaturated/α-hetero) is 1. The van der Waals surface area contributed by atoms with Gasteiger partial charge in [-0.15, -0.1) is 11.3 Å². The summed E-state index contributed by atoms with van der Waals surface area (Å²) in [6, 6.07) is 17.3. The lowest BCUT2D eigenvalue weighted by Crippen LogP contribution is -2.31. The topological polar surface area (TPSA) is 80.0 Å². The number of furan rings is 1. The van der Waals surface area contributed by atoms with Gasteiger partial charge in [-0.1, -0.05) is 18.2 Å². The minimum absolute atomic E-state index is 0.0149. The number of hydrogen-bond donors (Lipinski definition) is 2. The zero-order valence-corrected chi connectivity index (χ0v) is 18.2. The Bertz CT molecular complexity index is 1410. The molecule has 7 heteroatoms. The molecular weight excluding hydrogens is 422 g/mol. The molecule has 2 atom stereocenters. The Labute approximate surface area is 188 Å². The number of aromatic nitrogens is 2. The standard InChI is InChI=1S/C25H21N3O3S/c1-14-9-10-20(32-14)22-21-17(12-15(13-18(21)29)19-8-5-11-31-19)26-24-23(22)25(30)28(27-24)16-6-3-2-4-7-16/h2-11,15,22,26-27H,12-13H2,1H3/t15-,22+/m0/s1. The fraction of sp³-hybridized carbons (Fsp3) is 0.200. The Hall–Kier alpha value is -3.58. The van der Waals surface area contributed by atoms with Crippen molar-refractivity contribution in [3.8, 4) is 5.69 Å². The van der Waals surface area contributed by atoms with E-state index in [1.807, 2.05) is 61.5 Å². The van der Waals surface area contributed by atoms with Crippen LogP contribution < -0.4 is 10.9 Å². The number of carbonyl (C=O) groups excluding carboxylic acids is 1. The maximum absolute atomic E-state index is 13.6. The van der Waals surface area contributed by atoms with Crippen LogP contribution in [0.4, 0.5) is 5.82 Å². The Kier molecular flexibility index (Phi) is 4.33. The maximum Gasteiger partial charge on any atom is 0.277 e. The zero-order valence-electron chi connectivity index (χ0n) is 17.4. The van der Waals surface area contributed by atoms with Gasteiger partial charge in [0.25, 0.3) is 5.56 Å². The van der Waals surface area contributed by atoms with Crippen LogP contribution in [-0.4, -0.2) is 15.6 Å². The Morgan fingerprint density at radius 3 is 2.59 bits per heavy atom. The first-order valence-electron chi connectivity index (χ1n) is 10.6. The molecule has 0 amide bonds. The molecule has 6 nitrogen and oxygen atoms in total. The third-order valence-corrected chi connectivity index (χ3v) is 7.36. The maximum atomic E-state index is 13.6. The summed E-state index contributed by atoms with van der Waals surface area (Å²) < 4.78 is 7.16. The summed E-state index contributed by atoms with van der Waals surface area (Å²) in [7, 11) is 0. The predicted molar refractivity (Wildman–Crippen MR) is 124 cm³/mol. The van der Waals surface area contributed by atoms with Crippen molar-refractivity contribution in [2.24, 2.45) is 0 Å². The number of benzene rings is 1. The summed E-state index contributed by atoms with van der Waals surface area (Å²) in [5, 5.41) is 6.66. The molecule has 2 aliphatic rings. The minimum atomic E-state index is -0.376. The zero-order chi connectivity index (χ0) is 21.8. The van der Waals surface area contributed by atoms with Crippen LogP contribution >= 0.6 is 11.3 Å². The fourth-order valence-electron chi connectivity index (χ4n) is 4.87. The molecule has 0 saturated heterocycles. The van der Waals surface area contributed by atoms with E-state index >= 15 is 0 Å². The van der Waals surface area contributed by atoms with E-state index in [0.717, 1.165) is 26.9 Å². The molecule has 160 valence electrons. The molecular formula is C25H21N3O3S. The number of thiophene rings is 1. The lowest BCUT2D eigenvalue weighted by Gasteiger charge is -2.33. The number of carbonyl (C=O) groups is 1. The fourth-order valence-corrected chi connectivity index (χ4v) is 5.87. The molecule has 1 aliphatic heterocycles. The van der Waals surface area contributed by atoms with Crippen LogP contribution in [-0.2, 0) is 4.79 Å². The molecule has 32 heavy (non-hydrogen) atoms. The largest absolute Gasteiger partial charge is 0.469 e. The van der Waals surface area contributed by atoms with Gasteiger partial charge in [0.2, 0.25) is 0 Å². The van der Waals surface area contributed by atoms with Gasteiger partial charge >= 0.3 is 0 Å². The summed E-state index contributed by atoms with van der Waals surface area (Å²) in [5.41, 5.74) is 2.79. The van der Waals surface area contributed by atoms with Gasteiger partial charge in [-0.2, -0.15) is 0 Å². The van der Waals surface area contributed by atoms with Crippen molar-refractivity contribution in [1.29, 1.82) is 0 Å². The lowest BCUT2D eigenvalue weighted by atomic mass is 9.75. The van der Waals surface area contributed by atoms with Crippen LogP contribution in [0.5, 0.6) is 0 Å². The van der Waals surface area contributed by atoms with Crippen LogP contribution in [0.2, 0.25) is 0 Å². The average Bonchev–Trinajstić information content (AvgIpc) is 3.54. The summed E-state index contributed by atoms with van der Waals surface area (Å²) in [6.45, 7) is 2.04. The average molecular weight is 444 g/mol. The van der Waals surface area contributed by atoms with Gasteiger partial charge in [0.15, 0.2) is 5.78 Å². The van der Waals surface area contributed by atoms with Crippen LogP contribution in [0.25, 0.3) is 5.69 Å². The number of fused-ring (bicyclic) bond motifs is 1. The first-order valence-corrected chi connectivity index (χ1v) is 11.4. The number of rotatable bonds is 3. The smallest absolute Gasteiger partial charge is 0.277 e. The first-order chi connectivity index (χ1) is 15.6. The lowest BCUT2D eigenvalue weighted by molar-refractivity contribution is -0.116. The van der Waals surface area contributed by atoms with Gasteiger partial charge in [-0.05, 0) is 49.7 Å². The number of nitrogens with zero attached hydrogens (tertiary/aromatic N) is 1. The Balaban J connectivity index is 1.52. The molecule has 6 rings (SSSR count). The van der Waals surface area contributed by atoms with Crippen molar-refractivity contribution >= 4 is 22.9 Å². The number of para-hydroxylation sites is 1. The van der Waals surface area contributed by atoms with Crippen molar-refractivity contribution < 1.29 is 9.21 Å². The highest BCUT2D eigenvalue weighted by molar-refractivity contribution is 7.12. The van der Waals surface area contributed by atoms with E-state index in [1.165, 1.54) is 0 Å².